The molecule has 26 heavy (non-hydrogen) atoms. The minimum atomic E-state index is -0.624. The lowest BCUT2D eigenvalue weighted by Crippen LogP contribution is -2.27. The Bertz CT molecular complexity index is 848. The van der Waals surface area contributed by atoms with Gasteiger partial charge in [0.25, 0.3) is 5.91 Å². The summed E-state index contributed by atoms with van der Waals surface area (Å²) in [6, 6.07) is 8.69. The first-order valence-corrected chi connectivity index (χ1v) is 8.40. The topological polar surface area (TPSA) is 87.7 Å². The Hall–Kier alpha value is -2.44. The fourth-order valence-corrected chi connectivity index (χ4v) is 2.40. The molecule has 0 saturated heterocycles. The molecule has 0 heterocycles. The molecule has 2 amide bonds. The second-order valence-electron chi connectivity index (χ2n) is 6.44. The zero-order valence-electron chi connectivity index (χ0n) is 14.4. The Morgan fingerprint density at radius 1 is 1.04 bits per heavy atom. The standard InChI is InChI=1S/C18H18Cl2N2O4/c1-18(2,3)26-17(25)21-11-5-6-14(13(20)9-11)22-16(24)12-8-10(19)4-7-15(12)23/h4-9,23H,1-3H3,(H,21,25)(H,22,24). The summed E-state index contributed by atoms with van der Waals surface area (Å²) < 4.78 is 5.16. The van der Waals surface area contributed by atoms with E-state index in [0.717, 1.165) is 0 Å². The monoisotopic (exact) mass is 396 g/mol. The van der Waals surface area contributed by atoms with E-state index in [2.05, 4.69) is 10.6 Å². The van der Waals surface area contributed by atoms with Crippen LogP contribution in [0.1, 0.15) is 31.1 Å². The number of rotatable bonds is 3. The van der Waals surface area contributed by atoms with Crippen LogP contribution >= 0.6 is 23.2 Å². The van der Waals surface area contributed by atoms with Gasteiger partial charge in [-0.3, -0.25) is 10.1 Å². The zero-order chi connectivity index (χ0) is 19.5. The number of anilines is 2. The van der Waals surface area contributed by atoms with Crippen molar-refractivity contribution in [1.82, 2.24) is 0 Å². The second kappa shape index (κ2) is 7.85. The van der Waals surface area contributed by atoms with Crippen LogP contribution in [-0.4, -0.2) is 22.7 Å². The van der Waals surface area contributed by atoms with Gasteiger partial charge < -0.3 is 15.2 Å². The molecule has 0 atom stereocenters. The average molecular weight is 397 g/mol. The maximum Gasteiger partial charge on any atom is 0.412 e. The third-order valence-electron chi connectivity index (χ3n) is 3.07. The highest BCUT2D eigenvalue weighted by molar-refractivity contribution is 6.34. The summed E-state index contributed by atoms with van der Waals surface area (Å²) >= 11 is 12.0. The van der Waals surface area contributed by atoms with Gasteiger partial charge in [0.05, 0.1) is 16.3 Å². The van der Waals surface area contributed by atoms with Crippen molar-refractivity contribution in [3.8, 4) is 5.75 Å². The summed E-state index contributed by atoms with van der Waals surface area (Å²) in [6.45, 7) is 5.26. The number of nitrogens with one attached hydrogen (secondary N) is 2. The Labute approximate surface area is 161 Å². The number of phenolic OH excluding ortho intramolecular Hbond substituents is 1. The number of hydrogen-bond donors (Lipinski definition) is 3. The molecule has 0 aliphatic rings. The molecule has 2 rings (SSSR count). The summed E-state index contributed by atoms with van der Waals surface area (Å²) in [4.78, 5) is 24.1. The molecule has 0 aromatic heterocycles. The van der Waals surface area contributed by atoms with Crippen LogP contribution in [-0.2, 0) is 4.74 Å². The molecular formula is C18H18Cl2N2O4. The van der Waals surface area contributed by atoms with Crippen LogP contribution in [0.15, 0.2) is 36.4 Å². The lowest BCUT2D eigenvalue weighted by molar-refractivity contribution is 0.0635. The van der Waals surface area contributed by atoms with E-state index < -0.39 is 17.6 Å². The maximum atomic E-state index is 12.3. The van der Waals surface area contributed by atoms with Crippen molar-refractivity contribution in [3.63, 3.8) is 0 Å². The average Bonchev–Trinajstić information content (AvgIpc) is 2.50. The van der Waals surface area contributed by atoms with E-state index in [9.17, 15) is 14.7 Å². The van der Waals surface area contributed by atoms with Crippen LogP contribution in [0.4, 0.5) is 16.2 Å². The van der Waals surface area contributed by atoms with Gasteiger partial charge in [0.2, 0.25) is 0 Å². The van der Waals surface area contributed by atoms with Gasteiger partial charge in [-0.25, -0.2) is 4.79 Å². The molecule has 8 heteroatoms. The smallest absolute Gasteiger partial charge is 0.412 e. The predicted octanol–water partition coefficient (Wildman–Crippen LogP) is 5.30. The van der Waals surface area contributed by atoms with Crippen molar-refractivity contribution in [2.24, 2.45) is 0 Å². The molecule has 0 bridgehead atoms. The Morgan fingerprint density at radius 2 is 1.73 bits per heavy atom. The van der Waals surface area contributed by atoms with Crippen LogP contribution in [0.2, 0.25) is 10.0 Å². The predicted molar refractivity (Wildman–Crippen MR) is 102 cm³/mol. The third-order valence-corrected chi connectivity index (χ3v) is 3.61. The van der Waals surface area contributed by atoms with Gasteiger partial charge >= 0.3 is 6.09 Å². The van der Waals surface area contributed by atoms with Crippen molar-refractivity contribution in [2.45, 2.75) is 26.4 Å². The van der Waals surface area contributed by atoms with Crippen molar-refractivity contribution < 1.29 is 19.4 Å². The van der Waals surface area contributed by atoms with Crippen molar-refractivity contribution in [2.75, 3.05) is 10.6 Å². The van der Waals surface area contributed by atoms with Crippen molar-refractivity contribution in [1.29, 1.82) is 0 Å². The third kappa shape index (κ3) is 5.54. The molecule has 0 saturated carbocycles. The Balaban J connectivity index is 2.11. The highest BCUT2D eigenvalue weighted by atomic mass is 35.5. The van der Waals surface area contributed by atoms with Crippen molar-refractivity contribution >= 4 is 46.6 Å². The molecule has 6 nitrogen and oxygen atoms in total. The largest absolute Gasteiger partial charge is 0.507 e. The number of halogens is 2. The minimum absolute atomic E-state index is 0.0181. The van der Waals surface area contributed by atoms with Gasteiger partial charge in [0, 0.05) is 10.7 Å². The van der Waals surface area contributed by atoms with Crippen molar-refractivity contribution in [3.05, 3.63) is 52.0 Å². The van der Waals surface area contributed by atoms with Crippen LogP contribution in [0.5, 0.6) is 5.75 Å². The molecule has 0 radical (unpaired) electrons. The normalized spacial score (nSPS) is 11.0. The number of amides is 2. The number of carbonyl (C=O) groups is 2. The number of benzene rings is 2. The molecular weight excluding hydrogens is 379 g/mol. The number of ether oxygens (including phenoxy) is 1. The molecule has 0 spiro atoms. The quantitative estimate of drug-likeness (QED) is 0.656. The van der Waals surface area contributed by atoms with Crippen LogP contribution < -0.4 is 10.6 Å². The van der Waals surface area contributed by atoms with E-state index >= 15 is 0 Å². The van der Waals surface area contributed by atoms with E-state index in [0.29, 0.717) is 16.4 Å². The summed E-state index contributed by atoms with van der Waals surface area (Å²) in [5, 5.41) is 15.4. The minimum Gasteiger partial charge on any atom is -0.507 e. The van der Waals surface area contributed by atoms with Gasteiger partial charge in [0.15, 0.2) is 0 Å². The summed E-state index contributed by atoms with van der Waals surface area (Å²) in [7, 11) is 0. The lowest BCUT2D eigenvalue weighted by atomic mass is 10.2. The zero-order valence-corrected chi connectivity index (χ0v) is 15.9. The van der Waals surface area contributed by atoms with E-state index in [1.807, 2.05) is 0 Å². The Morgan fingerprint density at radius 3 is 2.35 bits per heavy atom. The second-order valence-corrected chi connectivity index (χ2v) is 7.28. The molecule has 0 fully saturated rings. The highest BCUT2D eigenvalue weighted by Gasteiger charge is 2.17. The lowest BCUT2D eigenvalue weighted by Gasteiger charge is -2.19. The fourth-order valence-electron chi connectivity index (χ4n) is 2.00. The van der Waals surface area contributed by atoms with Crippen LogP contribution in [0, 0.1) is 0 Å². The van der Waals surface area contributed by atoms with E-state index in [1.165, 1.54) is 30.3 Å². The van der Waals surface area contributed by atoms with E-state index in [-0.39, 0.29) is 16.3 Å². The first-order chi connectivity index (χ1) is 12.0. The number of phenols is 1. The first kappa shape index (κ1) is 19.9. The molecule has 2 aromatic carbocycles. The van der Waals surface area contributed by atoms with E-state index in [1.54, 1.807) is 26.8 Å². The molecule has 2 aromatic rings. The SMILES string of the molecule is CC(C)(C)OC(=O)Nc1ccc(NC(=O)c2cc(Cl)ccc2O)c(Cl)c1. The highest BCUT2D eigenvalue weighted by Crippen LogP contribution is 2.28. The van der Waals surface area contributed by atoms with Crippen LogP contribution in [0.3, 0.4) is 0 Å². The molecule has 0 aliphatic heterocycles. The van der Waals surface area contributed by atoms with Gasteiger partial charge in [-0.05, 0) is 57.2 Å². The van der Waals surface area contributed by atoms with Gasteiger partial charge in [0.1, 0.15) is 11.4 Å². The number of hydrogen-bond acceptors (Lipinski definition) is 4. The molecule has 0 aliphatic carbocycles. The van der Waals surface area contributed by atoms with Gasteiger partial charge in [-0.2, -0.15) is 0 Å². The van der Waals surface area contributed by atoms with Crippen LogP contribution in [0.25, 0.3) is 0 Å². The fraction of sp³-hybridized carbons (Fsp3) is 0.222. The summed E-state index contributed by atoms with van der Waals surface area (Å²) in [5.41, 5.74) is 0.115. The molecule has 3 N–H and O–H groups in total. The molecule has 0 unspecified atom stereocenters. The van der Waals surface area contributed by atoms with Gasteiger partial charge in [-0.1, -0.05) is 23.2 Å². The van der Waals surface area contributed by atoms with E-state index in [4.69, 9.17) is 27.9 Å². The maximum absolute atomic E-state index is 12.3. The van der Waals surface area contributed by atoms with Gasteiger partial charge in [-0.15, -0.1) is 0 Å². The first-order valence-electron chi connectivity index (χ1n) is 7.64. The Kier molecular flexibility index (Phi) is 6.00. The summed E-state index contributed by atoms with van der Waals surface area (Å²) in [5.74, 6) is -0.772. The summed E-state index contributed by atoms with van der Waals surface area (Å²) in [6.07, 6.45) is -0.616. The number of aromatic hydroxyl groups is 1. The number of carbonyl (C=O) groups excluding carboxylic acids is 2. The molecule has 138 valence electrons.